The van der Waals surface area contributed by atoms with Crippen LogP contribution in [0.3, 0.4) is 0 Å². The van der Waals surface area contributed by atoms with Crippen LogP contribution in [-0.4, -0.2) is 123 Å². The van der Waals surface area contributed by atoms with Crippen molar-refractivity contribution < 1.29 is 53.2 Å². The predicted molar refractivity (Wildman–Crippen MR) is 147 cm³/mol. The van der Waals surface area contributed by atoms with E-state index >= 15 is 0 Å². The summed E-state index contributed by atoms with van der Waals surface area (Å²) in [5, 5.41) is 37.0. The molecule has 236 valence electrons. The zero-order chi connectivity index (χ0) is 29.2. The van der Waals surface area contributed by atoms with E-state index in [0.717, 1.165) is 25.7 Å². The molecule has 0 saturated carbocycles. The van der Waals surface area contributed by atoms with Crippen molar-refractivity contribution in [2.24, 2.45) is 0 Å². The minimum Gasteiger partial charge on any atom is -0.396 e. The van der Waals surface area contributed by atoms with Gasteiger partial charge in [0.1, 0.15) is 12.2 Å². The molecule has 10 nitrogen and oxygen atoms in total. The van der Waals surface area contributed by atoms with Crippen molar-refractivity contribution in [3.8, 4) is 0 Å². The molecule has 0 aliphatic carbocycles. The van der Waals surface area contributed by atoms with E-state index in [2.05, 4.69) is 0 Å². The highest BCUT2D eigenvalue weighted by molar-refractivity contribution is 4.69. The van der Waals surface area contributed by atoms with Gasteiger partial charge in [-0.05, 0) is 72.1 Å². The summed E-state index contributed by atoms with van der Waals surface area (Å²) in [6.45, 7) is 8.98. The number of hydrogen-bond donors (Lipinski definition) is 4. The van der Waals surface area contributed by atoms with Gasteiger partial charge in [0, 0.05) is 52.7 Å². The molecule has 0 aromatic carbocycles. The molecule has 39 heavy (non-hydrogen) atoms. The summed E-state index contributed by atoms with van der Waals surface area (Å²) in [5.74, 6) is -1.74. The predicted octanol–water partition coefficient (Wildman–Crippen LogP) is 2.77. The summed E-state index contributed by atoms with van der Waals surface area (Å²) in [5.41, 5.74) is -0.363. The van der Waals surface area contributed by atoms with Gasteiger partial charge in [0.15, 0.2) is 0 Å². The second-order valence-electron chi connectivity index (χ2n) is 10.6. The van der Waals surface area contributed by atoms with Crippen molar-refractivity contribution in [3.05, 3.63) is 0 Å². The van der Waals surface area contributed by atoms with Crippen LogP contribution in [0.25, 0.3) is 0 Å². The van der Waals surface area contributed by atoms with Crippen LogP contribution in [0.1, 0.15) is 78.6 Å². The van der Waals surface area contributed by atoms with E-state index < -0.39 is 18.1 Å². The summed E-state index contributed by atoms with van der Waals surface area (Å²) in [4.78, 5) is 0. The van der Waals surface area contributed by atoms with E-state index in [1.165, 1.54) is 6.92 Å². The molecular weight excluding hydrogens is 515 g/mol. The zero-order valence-electron chi connectivity index (χ0n) is 24.6. The maximum absolute atomic E-state index is 14.6. The third-order valence-corrected chi connectivity index (χ3v) is 5.80. The second kappa shape index (κ2) is 25.3. The van der Waals surface area contributed by atoms with Crippen LogP contribution in [0.5, 0.6) is 0 Å². The lowest BCUT2D eigenvalue weighted by atomic mass is 10.0. The van der Waals surface area contributed by atoms with Crippen LogP contribution >= 0.6 is 0 Å². The van der Waals surface area contributed by atoms with Gasteiger partial charge in [-0.2, -0.15) is 0 Å². The highest BCUT2D eigenvalue weighted by atomic mass is 19.2. The number of ether oxygens (including phenoxy) is 6. The molecule has 0 saturated heterocycles. The fraction of sp³-hybridized carbons (Fsp3) is 1.00. The van der Waals surface area contributed by atoms with Gasteiger partial charge in [-0.25, -0.2) is 4.39 Å². The maximum atomic E-state index is 14.6. The monoisotopic (exact) mass is 572 g/mol. The van der Waals surface area contributed by atoms with Crippen molar-refractivity contribution in [2.45, 2.75) is 102 Å². The minimum absolute atomic E-state index is 0.136. The largest absolute Gasteiger partial charge is 0.396 e. The van der Waals surface area contributed by atoms with E-state index in [0.29, 0.717) is 58.7 Å². The molecule has 0 bridgehead atoms. The van der Waals surface area contributed by atoms with E-state index in [4.69, 9.17) is 38.6 Å². The van der Waals surface area contributed by atoms with Gasteiger partial charge >= 0.3 is 0 Å². The van der Waals surface area contributed by atoms with E-state index in [9.17, 15) is 14.6 Å². The Morgan fingerprint density at radius 1 is 0.538 bits per heavy atom. The van der Waals surface area contributed by atoms with Gasteiger partial charge in [-0.3, -0.25) is 0 Å². The second-order valence-corrected chi connectivity index (χ2v) is 10.6. The molecule has 0 aliphatic rings. The fourth-order valence-corrected chi connectivity index (χ4v) is 3.53. The quantitative estimate of drug-likeness (QED) is 0.0952. The molecule has 3 atom stereocenters. The topological polar surface area (TPSA) is 136 Å². The van der Waals surface area contributed by atoms with Gasteiger partial charge in [0.25, 0.3) is 0 Å². The minimum atomic E-state index is -1.74. The Labute approximate surface area is 235 Å². The molecule has 4 N–H and O–H groups in total. The van der Waals surface area contributed by atoms with Crippen LogP contribution in [0.2, 0.25) is 0 Å². The lowest BCUT2D eigenvalue weighted by molar-refractivity contribution is -0.144. The van der Waals surface area contributed by atoms with Gasteiger partial charge in [0.2, 0.25) is 5.85 Å². The molecule has 0 amide bonds. The maximum Gasteiger partial charge on any atom is 0.206 e. The molecule has 0 spiro atoms. The first kappa shape index (κ1) is 38.5. The van der Waals surface area contributed by atoms with E-state index in [1.54, 1.807) is 0 Å². The Morgan fingerprint density at radius 2 is 0.949 bits per heavy atom. The van der Waals surface area contributed by atoms with Gasteiger partial charge < -0.3 is 48.8 Å². The number of alkyl halides is 1. The molecule has 0 aromatic heterocycles. The van der Waals surface area contributed by atoms with E-state index in [-0.39, 0.29) is 58.3 Å². The SMILES string of the molecule is CC(C)(CCCOCC(O)COCCCCO)OCCCC(C)(F)OCCCOCC(O)COCCCCO. The molecular formula is C28H57FO10. The van der Waals surface area contributed by atoms with Gasteiger partial charge in [0.05, 0.1) is 38.6 Å². The average molecular weight is 573 g/mol. The highest BCUT2D eigenvalue weighted by Gasteiger charge is 2.24. The van der Waals surface area contributed by atoms with Crippen molar-refractivity contribution in [1.82, 2.24) is 0 Å². The van der Waals surface area contributed by atoms with Crippen LogP contribution in [0, 0.1) is 0 Å². The third-order valence-electron chi connectivity index (χ3n) is 5.80. The first-order valence-electron chi connectivity index (χ1n) is 14.5. The summed E-state index contributed by atoms with van der Waals surface area (Å²) in [6, 6.07) is 0. The number of rotatable bonds is 30. The lowest BCUT2D eigenvalue weighted by Gasteiger charge is -2.27. The molecule has 0 radical (unpaired) electrons. The Balaban J connectivity index is 3.70. The molecule has 0 aliphatic heterocycles. The first-order chi connectivity index (χ1) is 18.6. The average Bonchev–Trinajstić information content (AvgIpc) is 2.88. The lowest BCUT2D eigenvalue weighted by Crippen LogP contribution is -2.28. The Hall–Kier alpha value is -0.470. The number of halogens is 1. The van der Waals surface area contributed by atoms with Crippen molar-refractivity contribution in [2.75, 3.05) is 79.3 Å². The first-order valence-corrected chi connectivity index (χ1v) is 14.5. The molecule has 0 rings (SSSR count). The Kier molecular flexibility index (Phi) is 25.0. The molecule has 0 heterocycles. The molecule has 0 fully saturated rings. The smallest absolute Gasteiger partial charge is 0.206 e. The number of aliphatic hydroxyl groups excluding tert-OH is 4. The highest BCUT2D eigenvalue weighted by Crippen LogP contribution is 2.22. The molecule has 3 unspecified atom stereocenters. The normalized spacial score (nSPS) is 15.4. The summed E-state index contributed by atoms with van der Waals surface area (Å²) >= 11 is 0. The van der Waals surface area contributed by atoms with Gasteiger partial charge in [-0.1, -0.05) is 0 Å². The zero-order valence-corrected chi connectivity index (χ0v) is 24.6. The summed E-state index contributed by atoms with van der Waals surface area (Å²) in [7, 11) is 0. The standard InChI is InChI=1S/C28H57FO10/c1-27(2,11-8-17-36-23-25(32)21-34-15-6-4-13-30)38-19-9-12-28(3,29)39-20-10-18-37-24-26(33)22-35-16-7-5-14-31/h25-26,30-33H,4-24H2,1-3H3. The Morgan fingerprint density at radius 3 is 1.44 bits per heavy atom. The summed E-state index contributed by atoms with van der Waals surface area (Å²) in [6.07, 6.45) is 4.33. The van der Waals surface area contributed by atoms with Crippen LogP contribution in [0.15, 0.2) is 0 Å². The Bertz CT molecular complexity index is 525. The number of aliphatic hydroxyl groups is 4. The van der Waals surface area contributed by atoms with Crippen LogP contribution in [0.4, 0.5) is 4.39 Å². The van der Waals surface area contributed by atoms with Crippen molar-refractivity contribution >= 4 is 0 Å². The fourth-order valence-electron chi connectivity index (χ4n) is 3.53. The van der Waals surface area contributed by atoms with Crippen molar-refractivity contribution in [1.29, 1.82) is 0 Å². The van der Waals surface area contributed by atoms with E-state index in [1.807, 2.05) is 13.8 Å². The summed E-state index contributed by atoms with van der Waals surface area (Å²) < 4.78 is 47.4. The molecule has 11 heteroatoms. The van der Waals surface area contributed by atoms with Crippen LogP contribution in [-0.2, 0) is 28.4 Å². The number of unbranched alkanes of at least 4 members (excludes halogenated alkanes) is 2. The van der Waals surface area contributed by atoms with Crippen molar-refractivity contribution in [3.63, 3.8) is 0 Å². The molecule has 0 aromatic rings. The number of hydrogen-bond acceptors (Lipinski definition) is 10. The van der Waals surface area contributed by atoms with Crippen LogP contribution < -0.4 is 0 Å². The van der Waals surface area contributed by atoms with Gasteiger partial charge in [-0.15, -0.1) is 0 Å². The third kappa shape index (κ3) is 27.5.